The number of phenols is 1. The first kappa shape index (κ1) is 17.3. The van der Waals surface area contributed by atoms with E-state index in [1.807, 2.05) is 12.1 Å². The minimum Gasteiger partial charge on any atom is -0.506 e. The minimum absolute atomic E-state index is 0.0683. The highest BCUT2D eigenvalue weighted by molar-refractivity contribution is 6.01. The summed E-state index contributed by atoms with van der Waals surface area (Å²) >= 11 is 0. The van der Waals surface area contributed by atoms with Gasteiger partial charge in [-0.3, -0.25) is 4.79 Å². The topological polar surface area (TPSA) is 75.6 Å². The van der Waals surface area contributed by atoms with E-state index in [1.54, 1.807) is 18.2 Å². The first-order chi connectivity index (χ1) is 12.1. The monoisotopic (exact) mass is 341 g/mol. The normalized spacial score (nSPS) is 15.0. The Morgan fingerprint density at radius 1 is 1.08 bits per heavy atom. The second-order valence-electron chi connectivity index (χ2n) is 6.57. The van der Waals surface area contributed by atoms with Gasteiger partial charge in [0.1, 0.15) is 11.3 Å². The Morgan fingerprint density at radius 3 is 2.64 bits per heavy atom. The van der Waals surface area contributed by atoms with E-state index in [9.17, 15) is 14.7 Å². The zero-order chi connectivity index (χ0) is 17.6. The highest BCUT2D eigenvalue weighted by atomic mass is 16.5. The van der Waals surface area contributed by atoms with Crippen LogP contribution in [-0.4, -0.2) is 30.1 Å². The second-order valence-corrected chi connectivity index (χ2v) is 6.57. The fraction of sp³-hybridized carbons (Fsp3) is 0.400. The van der Waals surface area contributed by atoms with Gasteiger partial charge in [-0.1, -0.05) is 49.6 Å². The molecule has 0 aromatic heterocycles. The third kappa shape index (κ3) is 4.29. The summed E-state index contributed by atoms with van der Waals surface area (Å²) in [5, 5.41) is 14.5. The Balaban J connectivity index is 1.53. The number of hydrogen-bond acceptors (Lipinski definition) is 4. The molecule has 2 aromatic carbocycles. The molecular weight excluding hydrogens is 318 g/mol. The molecule has 1 aliphatic rings. The minimum atomic E-state index is -0.698. The molecule has 0 heterocycles. The Bertz CT molecular complexity index is 765. The molecule has 0 bridgehead atoms. The maximum Gasteiger partial charge on any atom is 0.342 e. The summed E-state index contributed by atoms with van der Waals surface area (Å²) in [4.78, 5) is 24.0. The summed E-state index contributed by atoms with van der Waals surface area (Å²) in [6.45, 7) is 0.301. The van der Waals surface area contributed by atoms with Gasteiger partial charge in [0.2, 0.25) is 0 Å². The maximum absolute atomic E-state index is 12.2. The Hall–Kier alpha value is -2.56. The summed E-state index contributed by atoms with van der Waals surface area (Å²) in [6.07, 6.45) is 6.00. The predicted molar refractivity (Wildman–Crippen MR) is 95.5 cm³/mol. The van der Waals surface area contributed by atoms with Crippen LogP contribution in [0.1, 0.15) is 42.5 Å². The van der Waals surface area contributed by atoms with Crippen molar-refractivity contribution in [1.29, 1.82) is 0 Å². The van der Waals surface area contributed by atoms with E-state index in [-0.39, 0.29) is 23.8 Å². The zero-order valence-electron chi connectivity index (χ0n) is 14.2. The molecule has 5 nitrogen and oxygen atoms in total. The molecule has 25 heavy (non-hydrogen) atoms. The molecule has 132 valence electrons. The number of amides is 1. The van der Waals surface area contributed by atoms with E-state index in [1.165, 1.54) is 25.3 Å². The molecule has 0 saturated heterocycles. The maximum atomic E-state index is 12.2. The van der Waals surface area contributed by atoms with Gasteiger partial charge in [0.25, 0.3) is 5.91 Å². The summed E-state index contributed by atoms with van der Waals surface area (Å²) < 4.78 is 5.05. The predicted octanol–water partition coefficient (Wildman–Crippen LogP) is 3.40. The van der Waals surface area contributed by atoms with Crippen LogP contribution in [0, 0.1) is 5.92 Å². The molecule has 5 heteroatoms. The van der Waals surface area contributed by atoms with E-state index in [0.717, 1.165) is 18.2 Å². The average molecular weight is 341 g/mol. The Kier molecular flexibility index (Phi) is 5.53. The first-order valence-electron chi connectivity index (χ1n) is 8.79. The number of carbonyl (C=O) groups excluding carboxylic acids is 2. The van der Waals surface area contributed by atoms with Crippen molar-refractivity contribution >= 4 is 22.6 Å². The molecule has 0 aliphatic heterocycles. The van der Waals surface area contributed by atoms with Crippen LogP contribution in [0.25, 0.3) is 10.8 Å². The van der Waals surface area contributed by atoms with E-state index in [0.29, 0.717) is 17.8 Å². The summed E-state index contributed by atoms with van der Waals surface area (Å²) in [5.41, 5.74) is 0.0683. The van der Waals surface area contributed by atoms with Crippen LogP contribution < -0.4 is 5.32 Å². The van der Waals surface area contributed by atoms with Gasteiger partial charge in [0.15, 0.2) is 6.61 Å². The molecule has 2 aromatic rings. The van der Waals surface area contributed by atoms with Gasteiger partial charge in [-0.2, -0.15) is 0 Å². The molecule has 3 rings (SSSR count). The average Bonchev–Trinajstić information content (AvgIpc) is 2.66. The molecule has 0 atom stereocenters. The van der Waals surface area contributed by atoms with Gasteiger partial charge in [-0.15, -0.1) is 0 Å². The fourth-order valence-corrected chi connectivity index (χ4v) is 3.33. The van der Waals surface area contributed by atoms with E-state index in [4.69, 9.17) is 4.74 Å². The van der Waals surface area contributed by atoms with Crippen molar-refractivity contribution in [1.82, 2.24) is 5.32 Å². The van der Waals surface area contributed by atoms with Crippen molar-refractivity contribution in [3.63, 3.8) is 0 Å². The molecule has 1 amide bonds. The number of phenolic OH excluding ortho intramolecular Hbond substituents is 1. The van der Waals surface area contributed by atoms with Crippen LogP contribution in [-0.2, 0) is 9.53 Å². The lowest BCUT2D eigenvalue weighted by Crippen LogP contribution is -2.33. The number of ether oxygens (including phenoxy) is 1. The molecule has 1 fully saturated rings. The Morgan fingerprint density at radius 2 is 1.84 bits per heavy atom. The van der Waals surface area contributed by atoms with Gasteiger partial charge in [-0.05, 0) is 30.2 Å². The highest BCUT2D eigenvalue weighted by Gasteiger charge is 2.18. The van der Waals surface area contributed by atoms with Gasteiger partial charge < -0.3 is 15.2 Å². The smallest absolute Gasteiger partial charge is 0.342 e. The van der Waals surface area contributed by atoms with Crippen LogP contribution in [0.15, 0.2) is 36.4 Å². The first-order valence-corrected chi connectivity index (χ1v) is 8.79. The lowest BCUT2D eigenvalue weighted by Gasteiger charge is -2.21. The summed E-state index contributed by atoms with van der Waals surface area (Å²) in [6, 6.07) is 10.5. The SMILES string of the molecule is O=C(COC(=O)c1ccc2ccccc2c1O)NCC1CCCCC1. The molecular formula is C20H23NO4. The van der Waals surface area contributed by atoms with Crippen LogP contribution in [0.2, 0.25) is 0 Å². The molecule has 1 aliphatic carbocycles. The van der Waals surface area contributed by atoms with Crippen LogP contribution in [0.3, 0.4) is 0 Å². The lowest BCUT2D eigenvalue weighted by molar-refractivity contribution is -0.124. The molecule has 0 radical (unpaired) electrons. The fourth-order valence-electron chi connectivity index (χ4n) is 3.33. The summed E-state index contributed by atoms with van der Waals surface area (Å²) in [5.74, 6) is -0.598. The third-order valence-electron chi connectivity index (χ3n) is 4.77. The van der Waals surface area contributed by atoms with Gasteiger partial charge in [0.05, 0.1) is 0 Å². The quantitative estimate of drug-likeness (QED) is 0.817. The molecule has 0 unspecified atom stereocenters. The largest absolute Gasteiger partial charge is 0.506 e. The van der Waals surface area contributed by atoms with Crippen LogP contribution in [0.4, 0.5) is 0 Å². The van der Waals surface area contributed by atoms with Crippen molar-refractivity contribution in [2.24, 2.45) is 5.92 Å². The number of fused-ring (bicyclic) bond motifs is 1. The number of hydrogen-bond donors (Lipinski definition) is 2. The lowest BCUT2D eigenvalue weighted by atomic mass is 9.89. The molecule has 1 saturated carbocycles. The van der Waals surface area contributed by atoms with Gasteiger partial charge >= 0.3 is 5.97 Å². The number of esters is 1. The van der Waals surface area contributed by atoms with Crippen molar-refractivity contribution in [2.75, 3.05) is 13.2 Å². The number of carbonyl (C=O) groups is 2. The number of rotatable bonds is 5. The van der Waals surface area contributed by atoms with Crippen LogP contribution in [0.5, 0.6) is 5.75 Å². The van der Waals surface area contributed by atoms with Crippen LogP contribution >= 0.6 is 0 Å². The van der Waals surface area contributed by atoms with Crippen molar-refractivity contribution < 1.29 is 19.4 Å². The Labute approximate surface area is 147 Å². The van der Waals surface area contributed by atoms with E-state index in [2.05, 4.69) is 5.32 Å². The zero-order valence-corrected chi connectivity index (χ0v) is 14.2. The van der Waals surface area contributed by atoms with E-state index >= 15 is 0 Å². The molecule has 2 N–H and O–H groups in total. The second kappa shape index (κ2) is 8.01. The van der Waals surface area contributed by atoms with Crippen molar-refractivity contribution in [3.05, 3.63) is 42.0 Å². The number of aromatic hydroxyl groups is 1. The summed E-state index contributed by atoms with van der Waals surface area (Å²) in [7, 11) is 0. The van der Waals surface area contributed by atoms with Gasteiger partial charge in [-0.25, -0.2) is 4.79 Å². The van der Waals surface area contributed by atoms with Gasteiger partial charge in [0, 0.05) is 11.9 Å². The number of benzene rings is 2. The standard InChI is InChI=1S/C20H23NO4/c22-18(21-12-14-6-2-1-3-7-14)13-25-20(24)17-11-10-15-8-4-5-9-16(15)19(17)23/h4-5,8-11,14,23H,1-3,6-7,12-13H2,(H,21,22). The highest BCUT2D eigenvalue weighted by Crippen LogP contribution is 2.29. The third-order valence-corrected chi connectivity index (χ3v) is 4.77. The molecule has 0 spiro atoms. The van der Waals surface area contributed by atoms with Crippen molar-refractivity contribution in [2.45, 2.75) is 32.1 Å². The number of nitrogens with one attached hydrogen (secondary N) is 1. The van der Waals surface area contributed by atoms with Crippen molar-refractivity contribution in [3.8, 4) is 5.75 Å². The van der Waals surface area contributed by atoms with E-state index < -0.39 is 5.97 Å².